The quantitative estimate of drug-likeness (QED) is 0.603. The van der Waals surface area contributed by atoms with E-state index in [1.54, 1.807) is 7.11 Å². The number of nitrogens with zero attached hydrogens (tertiary/aromatic N) is 2. The molecule has 0 aromatic carbocycles. The topological polar surface area (TPSA) is 47.0 Å². The molecular formula is C12H20ClN3O. The maximum atomic E-state index is 6.05. The van der Waals surface area contributed by atoms with Crippen molar-refractivity contribution in [1.29, 1.82) is 0 Å². The Balaban J connectivity index is 2.54. The molecule has 0 atom stereocenters. The fourth-order valence-electron chi connectivity index (χ4n) is 1.44. The minimum Gasteiger partial charge on any atom is -0.385 e. The van der Waals surface area contributed by atoms with E-state index < -0.39 is 0 Å². The average molecular weight is 258 g/mol. The van der Waals surface area contributed by atoms with Crippen LogP contribution in [0.3, 0.4) is 0 Å². The third kappa shape index (κ3) is 4.48. The number of hydrogen-bond acceptors (Lipinski definition) is 4. The molecule has 0 aliphatic rings. The smallest absolute Gasteiger partial charge is 0.137 e. The molecule has 0 radical (unpaired) electrons. The van der Waals surface area contributed by atoms with Gasteiger partial charge in [0.05, 0.1) is 0 Å². The summed E-state index contributed by atoms with van der Waals surface area (Å²) in [5.41, 5.74) is 0.913. The first-order chi connectivity index (χ1) is 8.19. The van der Waals surface area contributed by atoms with Gasteiger partial charge in [-0.25, -0.2) is 9.97 Å². The second kappa shape index (κ2) is 7.45. The number of unbranched alkanes of at least 4 members (excludes halogenated alkanes) is 1. The Morgan fingerprint density at radius 3 is 2.71 bits per heavy atom. The van der Waals surface area contributed by atoms with Crippen LogP contribution in [0, 0.1) is 6.92 Å². The second-order valence-corrected chi connectivity index (χ2v) is 4.24. The van der Waals surface area contributed by atoms with Crippen LogP contribution in [0.2, 0.25) is 5.15 Å². The molecule has 0 spiro atoms. The first-order valence-corrected chi connectivity index (χ1v) is 6.32. The van der Waals surface area contributed by atoms with E-state index in [0.29, 0.717) is 5.15 Å². The van der Waals surface area contributed by atoms with Crippen molar-refractivity contribution in [2.45, 2.75) is 33.1 Å². The third-order valence-corrected chi connectivity index (χ3v) is 2.88. The molecule has 0 saturated carbocycles. The molecule has 5 heteroatoms. The van der Waals surface area contributed by atoms with Gasteiger partial charge in [-0.15, -0.1) is 0 Å². The van der Waals surface area contributed by atoms with Crippen LogP contribution >= 0.6 is 11.6 Å². The van der Waals surface area contributed by atoms with Gasteiger partial charge in [-0.2, -0.15) is 0 Å². The Morgan fingerprint density at radius 2 is 2.06 bits per heavy atom. The number of ether oxygens (including phenoxy) is 1. The van der Waals surface area contributed by atoms with Crippen molar-refractivity contribution < 1.29 is 4.74 Å². The molecule has 1 rings (SSSR count). The highest BCUT2D eigenvalue weighted by molar-refractivity contribution is 6.30. The fraction of sp³-hybridized carbons (Fsp3) is 0.667. The first-order valence-electron chi connectivity index (χ1n) is 5.94. The third-order valence-electron chi connectivity index (χ3n) is 2.52. The molecule has 96 valence electrons. The highest BCUT2D eigenvalue weighted by Gasteiger charge is 2.07. The maximum absolute atomic E-state index is 6.05. The number of anilines is 1. The Kier molecular flexibility index (Phi) is 6.22. The number of halogens is 1. The van der Waals surface area contributed by atoms with E-state index in [2.05, 4.69) is 15.3 Å². The van der Waals surface area contributed by atoms with E-state index in [-0.39, 0.29) is 0 Å². The lowest BCUT2D eigenvalue weighted by molar-refractivity contribution is 0.194. The Labute approximate surface area is 108 Å². The van der Waals surface area contributed by atoms with Gasteiger partial charge in [0.2, 0.25) is 0 Å². The van der Waals surface area contributed by atoms with Crippen LogP contribution in [0.4, 0.5) is 5.82 Å². The van der Waals surface area contributed by atoms with Crippen LogP contribution in [0.1, 0.15) is 31.2 Å². The summed E-state index contributed by atoms with van der Waals surface area (Å²) < 4.78 is 5.00. The zero-order chi connectivity index (χ0) is 12.7. The van der Waals surface area contributed by atoms with Gasteiger partial charge in [-0.1, -0.05) is 18.5 Å². The fourth-order valence-corrected chi connectivity index (χ4v) is 1.63. The first kappa shape index (κ1) is 14.2. The lowest BCUT2D eigenvalue weighted by Crippen LogP contribution is -2.09. The van der Waals surface area contributed by atoms with E-state index in [1.807, 2.05) is 13.8 Å². The van der Waals surface area contributed by atoms with Crippen molar-refractivity contribution >= 4 is 17.4 Å². The van der Waals surface area contributed by atoms with Crippen molar-refractivity contribution in [2.75, 3.05) is 25.6 Å². The van der Waals surface area contributed by atoms with Gasteiger partial charge in [-0.3, -0.25) is 0 Å². The number of aryl methyl sites for hydroxylation is 1. The highest BCUT2D eigenvalue weighted by atomic mass is 35.5. The molecule has 0 aliphatic heterocycles. The van der Waals surface area contributed by atoms with Crippen LogP contribution in [0.15, 0.2) is 0 Å². The van der Waals surface area contributed by atoms with Crippen LogP contribution in [0.5, 0.6) is 0 Å². The van der Waals surface area contributed by atoms with Gasteiger partial charge >= 0.3 is 0 Å². The number of rotatable bonds is 7. The normalized spacial score (nSPS) is 10.6. The number of nitrogens with one attached hydrogen (secondary N) is 1. The summed E-state index contributed by atoms with van der Waals surface area (Å²) in [6.07, 6.45) is 2.89. The van der Waals surface area contributed by atoms with E-state index in [1.165, 1.54) is 0 Å². The summed E-state index contributed by atoms with van der Waals surface area (Å²) in [6, 6.07) is 0. The molecule has 0 unspecified atom stereocenters. The molecule has 1 heterocycles. The predicted octanol–water partition coefficient (Wildman–Crippen LogP) is 2.84. The van der Waals surface area contributed by atoms with E-state index in [9.17, 15) is 0 Å². The Hall–Kier alpha value is -0.870. The summed E-state index contributed by atoms with van der Waals surface area (Å²) in [5, 5.41) is 3.83. The molecule has 0 saturated heterocycles. The van der Waals surface area contributed by atoms with Crippen molar-refractivity contribution in [3.8, 4) is 0 Å². The van der Waals surface area contributed by atoms with Gasteiger partial charge in [0.15, 0.2) is 0 Å². The standard InChI is InChI=1S/C12H20ClN3O/c1-4-10-15-11(13)9(2)12(16-10)14-7-5-6-8-17-3/h4-8H2,1-3H3,(H,14,15,16). The number of hydrogen-bond donors (Lipinski definition) is 1. The lowest BCUT2D eigenvalue weighted by Gasteiger charge is -2.10. The summed E-state index contributed by atoms with van der Waals surface area (Å²) in [7, 11) is 1.72. The van der Waals surface area contributed by atoms with Crippen LogP contribution in [-0.4, -0.2) is 30.2 Å². The monoisotopic (exact) mass is 257 g/mol. The van der Waals surface area contributed by atoms with Gasteiger partial charge in [0.1, 0.15) is 16.8 Å². The highest BCUT2D eigenvalue weighted by Crippen LogP contribution is 2.19. The van der Waals surface area contributed by atoms with Crippen LogP contribution < -0.4 is 5.32 Å². The Bertz CT molecular complexity index is 358. The molecule has 4 nitrogen and oxygen atoms in total. The number of methoxy groups -OCH3 is 1. The lowest BCUT2D eigenvalue weighted by atomic mass is 10.3. The minimum atomic E-state index is 0.538. The van der Waals surface area contributed by atoms with Crippen LogP contribution in [-0.2, 0) is 11.2 Å². The van der Waals surface area contributed by atoms with Gasteiger partial charge in [0, 0.05) is 32.2 Å². The molecule has 0 aliphatic carbocycles. The zero-order valence-electron chi connectivity index (χ0n) is 10.7. The summed E-state index contributed by atoms with van der Waals surface area (Å²) >= 11 is 6.05. The van der Waals surface area contributed by atoms with Gasteiger partial charge < -0.3 is 10.1 Å². The number of aromatic nitrogens is 2. The van der Waals surface area contributed by atoms with E-state index in [0.717, 1.165) is 49.6 Å². The SMILES string of the molecule is CCc1nc(Cl)c(C)c(NCCCCOC)n1. The molecule has 1 aromatic heterocycles. The summed E-state index contributed by atoms with van der Waals surface area (Å²) in [4.78, 5) is 8.64. The Morgan fingerprint density at radius 1 is 1.29 bits per heavy atom. The largest absolute Gasteiger partial charge is 0.385 e. The molecule has 0 amide bonds. The van der Waals surface area contributed by atoms with E-state index >= 15 is 0 Å². The maximum Gasteiger partial charge on any atom is 0.137 e. The molecule has 1 aromatic rings. The molecule has 0 fully saturated rings. The van der Waals surface area contributed by atoms with E-state index in [4.69, 9.17) is 16.3 Å². The van der Waals surface area contributed by atoms with Crippen molar-refractivity contribution in [3.05, 3.63) is 16.5 Å². The zero-order valence-corrected chi connectivity index (χ0v) is 11.5. The average Bonchev–Trinajstić information content (AvgIpc) is 2.33. The van der Waals surface area contributed by atoms with Crippen molar-refractivity contribution in [3.63, 3.8) is 0 Å². The van der Waals surface area contributed by atoms with Crippen molar-refractivity contribution in [2.24, 2.45) is 0 Å². The molecule has 17 heavy (non-hydrogen) atoms. The molecule has 0 bridgehead atoms. The summed E-state index contributed by atoms with van der Waals surface area (Å²) in [5.74, 6) is 1.62. The van der Waals surface area contributed by atoms with Gasteiger partial charge in [-0.05, 0) is 19.8 Å². The molecular weight excluding hydrogens is 238 g/mol. The molecule has 1 N–H and O–H groups in total. The van der Waals surface area contributed by atoms with Crippen molar-refractivity contribution in [1.82, 2.24) is 9.97 Å². The minimum absolute atomic E-state index is 0.538. The second-order valence-electron chi connectivity index (χ2n) is 3.88. The summed E-state index contributed by atoms with van der Waals surface area (Å²) in [6.45, 7) is 5.62. The van der Waals surface area contributed by atoms with Crippen LogP contribution in [0.25, 0.3) is 0 Å². The predicted molar refractivity (Wildman–Crippen MR) is 70.8 cm³/mol. The van der Waals surface area contributed by atoms with Gasteiger partial charge in [0.25, 0.3) is 0 Å².